The first-order chi connectivity index (χ1) is 16.1. The van der Waals surface area contributed by atoms with Gasteiger partial charge in [-0.2, -0.15) is 0 Å². The molecule has 0 bridgehead atoms. The zero-order valence-corrected chi connectivity index (χ0v) is 20.3. The van der Waals surface area contributed by atoms with Crippen molar-refractivity contribution in [3.8, 4) is 16.9 Å². The summed E-state index contributed by atoms with van der Waals surface area (Å²) < 4.78 is 31.0. The van der Waals surface area contributed by atoms with E-state index in [1.54, 1.807) is 13.0 Å². The average molecular weight is 487 g/mol. The van der Waals surface area contributed by atoms with Crippen molar-refractivity contribution in [3.05, 3.63) is 61.7 Å². The van der Waals surface area contributed by atoms with E-state index in [0.717, 1.165) is 44.1 Å². The first-order valence-corrected chi connectivity index (χ1v) is 13.4. The van der Waals surface area contributed by atoms with Crippen LogP contribution in [0.3, 0.4) is 0 Å². The van der Waals surface area contributed by atoms with Crippen molar-refractivity contribution in [2.24, 2.45) is 5.14 Å². The molecule has 1 aliphatic heterocycles. The number of nitrogens with two attached hydrogens (primary N) is 1. The van der Waals surface area contributed by atoms with Crippen molar-refractivity contribution in [3.63, 3.8) is 0 Å². The third-order valence-corrected chi connectivity index (χ3v) is 8.49. The predicted octanol–water partition coefficient (Wildman–Crippen LogP) is 3.82. The van der Waals surface area contributed by atoms with Gasteiger partial charge < -0.3 is 14.4 Å². The fraction of sp³-hybridized carbons (Fsp3) is 0.480. The van der Waals surface area contributed by atoms with Crippen molar-refractivity contribution in [2.75, 3.05) is 0 Å². The smallest absolute Gasteiger partial charge is 0.347 e. The summed E-state index contributed by atoms with van der Waals surface area (Å²) in [7, 11) is -4.14. The van der Waals surface area contributed by atoms with Crippen LogP contribution in [0.1, 0.15) is 80.7 Å². The summed E-state index contributed by atoms with van der Waals surface area (Å²) in [5, 5.41) is 17.1. The van der Waals surface area contributed by atoms with Crippen molar-refractivity contribution in [1.29, 1.82) is 0 Å². The zero-order valence-electron chi connectivity index (χ0n) is 19.4. The molecule has 1 fully saturated rings. The second-order valence-electron chi connectivity index (χ2n) is 9.73. The van der Waals surface area contributed by atoms with Gasteiger partial charge in [-0.05, 0) is 63.0 Å². The molecule has 2 heterocycles. The van der Waals surface area contributed by atoms with Gasteiger partial charge in [0.05, 0.1) is 0 Å². The molecule has 0 saturated heterocycles. The molecule has 9 heteroatoms. The third-order valence-electron chi connectivity index (χ3n) is 7.23. The molecular weight excluding hydrogens is 456 g/mol. The Morgan fingerprint density at radius 3 is 2.50 bits per heavy atom. The van der Waals surface area contributed by atoms with E-state index in [1.165, 1.54) is 6.92 Å². The van der Waals surface area contributed by atoms with E-state index >= 15 is 0 Å². The monoisotopic (exact) mass is 486 g/mol. The number of rotatable bonds is 4. The highest BCUT2D eigenvalue weighted by Gasteiger charge is 2.48. The van der Waals surface area contributed by atoms with Gasteiger partial charge in [0.1, 0.15) is 33.3 Å². The van der Waals surface area contributed by atoms with Gasteiger partial charge >= 0.3 is 5.63 Å². The van der Waals surface area contributed by atoms with Gasteiger partial charge in [-0.1, -0.05) is 31.0 Å². The first kappa shape index (κ1) is 23.1. The largest absolute Gasteiger partial charge is 0.507 e. The minimum absolute atomic E-state index is 0.0668. The van der Waals surface area contributed by atoms with E-state index in [-0.39, 0.29) is 27.9 Å². The molecule has 2 aliphatic carbocycles. The van der Waals surface area contributed by atoms with Crippen LogP contribution in [0.2, 0.25) is 0 Å². The molecule has 1 unspecified atom stereocenters. The van der Waals surface area contributed by atoms with Crippen LogP contribution in [0, 0.1) is 0 Å². The Kier molecular flexibility index (Phi) is 5.61. The Labute approximate surface area is 198 Å². The molecule has 1 saturated carbocycles. The van der Waals surface area contributed by atoms with E-state index in [1.807, 2.05) is 12.1 Å². The molecule has 4 N–H and O–H groups in total. The summed E-state index contributed by atoms with van der Waals surface area (Å²) in [4.78, 5) is 18.7. The highest BCUT2D eigenvalue weighted by molar-refractivity contribution is 7.93. The Balaban J connectivity index is 1.81. The number of benzene rings is 1. The molecule has 5 rings (SSSR count). The number of hydrogen-bond acceptors (Lipinski definition) is 7. The Morgan fingerprint density at radius 1 is 1.12 bits per heavy atom. The topological polar surface area (TPSA) is 132 Å². The quantitative estimate of drug-likeness (QED) is 0.598. The molecule has 34 heavy (non-hydrogen) atoms. The summed E-state index contributed by atoms with van der Waals surface area (Å²) in [6, 6.07) is 5.51. The molecule has 0 amide bonds. The Hall–Kier alpha value is -2.62. The van der Waals surface area contributed by atoms with E-state index in [2.05, 4.69) is 5.48 Å². The maximum atomic E-state index is 13.4. The fourth-order valence-corrected chi connectivity index (χ4v) is 6.67. The number of allylic oxidation sites excluding steroid dienone is 1. The van der Waals surface area contributed by atoms with Gasteiger partial charge in [-0.3, -0.25) is 0 Å². The van der Waals surface area contributed by atoms with Crippen LogP contribution < -0.4 is 16.2 Å². The molecule has 0 spiro atoms. The van der Waals surface area contributed by atoms with Crippen molar-refractivity contribution in [2.45, 2.75) is 76.7 Å². The normalized spacial score (nSPS) is 23.3. The lowest BCUT2D eigenvalue weighted by atomic mass is 9.81. The number of hydrogen-bond donors (Lipinski definition) is 3. The van der Waals surface area contributed by atoms with Gasteiger partial charge in [0.25, 0.3) is 0 Å². The molecule has 0 radical (unpaired) electrons. The molecule has 182 valence electrons. The molecule has 2 aromatic rings. The predicted molar refractivity (Wildman–Crippen MR) is 127 cm³/mol. The van der Waals surface area contributed by atoms with Crippen LogP contribution in [0.5, 0.6) is 5.75 Å². The summed E-state index contributed by atoms with van der Waals surface area (Å²) >= 11 is 0. The average Bonchev–Trinajstić information content (AvgIpc) is 3.53. The standard InChI is InChI=1S/C25H30N2O6S/c1-14-23(34(26,30)31)25(2,27-33-14)18-10-7-9-16(15-12-13-15)20(18)21-22(28)17-8-5-3-4-6-11-19(17)32-24(21)29/h7,9-10,15,27-28H,3-6,8,11-13H2,1-2H3,(H2,26,30,31). The fourth-order valence-electron chi connectivity index (χ4n) is 5.51. The van der Waals surface area contributed by atoms with E-state index < -0.39 is 21.2 Å². The second-order valence-corrected chi connectivity index (χ2v) is 11.2. The van der Waals surface area contributed by atoms with Crippen LogP contribution in [0.15, 0.2) is 38.1 Å². The van der Waals surface area contributed by atoms with Gasteiger partial charge in [-0.25, -0.2) is 18.4 Å². The molecular formula is C25H30N2O6S. The Bertz CT molecular complexity index is 1360. The minimum Gasteiger partial charge on any atom is -0.507 e. The van der Waals surface area contributed by atoms with Crippen LogP contribution in [-0.4, -0.2) is 13.5 Å². The van der Waals surface area contributed by atoms with Gasteiger partial charge in [0, 0.05) is 17.5 Å². The number of sulfonamides is 1. The highest BCUT2D eigenvalue weighted by Crippen LogP contribution is 2.51. The highest BCUT2D eigenvalue weighted by atomic mass is 32.2. The molecule has 3 aliphatic rings. The lowest BCUT2D eigenvalue weighted by Crippen LogP contribution is -2.40. The van der Waals surface area contributed by atoms with Gasteiger partial charge in [-0.15, -0.1) is 5.48 Å². The number of aryl methyl sites for hydroxylation is 1. The number of fused-ring (bicyclic) bond motifs is 1. The van der Waals surface area contributed by atoms with Crippen LogP contribution >= 0.6 is 0 Å². The van der Waals surface area contributed by atoms with Crippen molar-refractivity contribution < 1.29 is 22.8 Å². The molecule has 1 aromatic heterocycles. The SMILES string of the molecule is CC1=C(S(N)(=O)=O)C(C)(c2cccc(C3CC3)c2-c2c(O)c3c(oc2=O)CCCCCC3)NO1. The first-order valence-electron chi connectivity index (χ1n) is 11.8. The minimum atomic E-state index is -4.14. The van der Waals surface area contributed by atoms with Crippen LogP contribution in [0.4, 0.5) is 0 Å². The molecule has 8 nitrogen and oxygen atoms in total. The lowest BCUT2D eigenvalue weighted by molar-refractivity contribution is 0.0851. The number of hydroxylamine groups is 1. The zero-order chi connectivity index (χ0) is 24.3. The Morgan fingerprint density at radius 2 is 1.82 bits per heavy atom. The lowest BCUT2D eigenvalue weighted by Gasteiger charge is -2.29. The maximum absolute atomic E-state index is 13.4. The van der Waals surface area contributed by atoms with Crippen LogP contribution in [0.25, 0.3) is 11.1 Å². The van der Waals surface area contributed by atoms with E-state index in [9.17, 15) is 18.3 Å². The van der Waals surface area contributed by atoms with Crippen molar-refractivity contribution >= 4 is 10.0 Å². The van der Waals surface area contributed by atoms with Crippen LogP contribution in [-0.2, 0) is 33.2 Å². The number of primary sulfonamides is 1. The van der Waals surface area contributed by atoms with E-state index in [0.29, 0.717) is 35.3 Å². The second kappa shape index (κ2) is 8.25. The van der Waals surface area contributed by atoms with E-state index in [4.69, 9.17) is 14.4 Å². The van der Waals surface area contributed by atoms with Gasteiger partial charge in [0.15, 0.2) is 0 Å². The summed E-state index contributed by atoms with van der Waals surface area (Å²) in [6.45, 7) is 3.19. The number of nitrogens with one attached hydrogen (secondary N) is 1. The molecule has 1 aromatic carbocycles. The number of aromatic hydroxyl groups is 1. The maximum Gasteiger partial charge on any atom is 0.347 e. The third kappa shape index (κ3) is 3.76. The summed E-state index contributed by atoms with van der Waals surface area (Å²) in [6.07, 6.45) is 7.05. The van der Waals surface area contributed by atoms with Crippen molar-refractivity contribution in [1.82, 2.24) is 5.48 Å². The van der Waals surface area contributed by atoms with Gasteiger partial charge in [0.2, 0.25) is 10.0 Å². The molecule has 1 atom stereocenters. The summed E-state index contributed by atoms with van der Waals surface area (Å²) in [5.74, 6) is 0.834. The summed E-state index contributed by atoms with van der Waals surface area (Å²) in [5.41, 5.74) is 3.47.